The normalized spacial score (nSPS) is 42.2. The van der Waals surface area contributed by atoms with E-state index in [4.69, 9.17) is 0 Å². The molecular formula is C14H28N2. The van der Waals surface area contributed by atoms with E-state index in [2.05, 4.69) is 31.1 Å². The van der Waals surface area contributed by atoms with E-state index in [0.717, 1.165) is 23.9 Å². The monoisotopic (exact) mass is 224 g/mol. The third-order valence-electron chi connectivity index (χ3n) is 4.60. The first kappa shape index (κ1) is 12.4. The molecule has 2 fully saturated rings. The first-order valence-electron chi connectivity index (χ1n) is 7.11. The summed E-state index contributed by atoms with van der Waals surface area (Å²) in [6.45, 7) is 7.39. The van der Waals surface area contributed by atoms with Crippen molar-refractivity contribution in [3.63, 3.8) is 0 Å². The topological polar surface area (TPSA) is 15.3 Å². The maximum absolute atomic E-state index is 3.95. The van der Waals surface area contributed by atoms with Crippen molar-refractivity contribution >= 4 is 0 Å². The van der Waals surface area contributed by atoms with E-state index in [1.54, 1.807) is 0 Å². The van der Waals surface area contributed by atoms with Crippen LogP contribution in [0.3, 0.4) is 0 Å². The summed E-state index contributed by atoms with van der Waals surface area (Å²) in [6.07, 6.45) is 7.02. The zero-order valence-corrected chi connectivity index (χ0v) is 11.2. The lowest BCUT2D eigenvalue weighted by atomic mass is 9.78. The van der Waals surface area contributed by atoms with Crippen molar-refractivity contribution in [1.82, 2.24) is 10.2 Å². The van der Waals surface area contributed by atoms with Crippen LogP contribution in [0, 0.1) is 11.8 Å². The summed E-state index contributed by atoms with van der Waals surface area (Å²) in [7, 11) is 2.25. The third kappa shape index (κ3) is 2.98. The zero-order valence-electron chi connectivity index (χ0n) is 11.2. The maximum atomic E-state index is 3.95. The van der Waals surface area contributed by atoms with Crippen molar-refractivity contribution in [2.75, 3.05) is 20.1 Å². The molecule has 2 aliphatic rings. The van der Waals surface area contributed by atoms with Crippen molar-refractivity contribution in [1.29, 1.82) is 0 Å². The minimum Gasteiger partial charge on any atom is -0.309 e. The molecule has 3 atom stereocenters. The molecule has 0 bridgehead atoms. The Morgan fingerprint density at radius 3 is 2.31 bits per heavy atom. The van der Waals surface area contributed by atoms with Gasteiger partial charge in [0.25, 0.3) is 0 Å². The predicted octanol–water partition coefficient (Wildman–Crippen LogP) is 2.49. The molecule has 1 saturated heterocycles. The van der Waals surface area contributed by atoms with Crippen LogP contribution in [0.4, 0.5) is 0 Å². The van der Waals surface area contributed by atoms with Gasteiger partial charge in [0.2, 0.25) is 0 Å². The predicted molar refractivity (Wildman–Crippen MR) is 69.6 cm³/mol. The number of likely N-dealkylation sites (N-methyl/N-ethyl adjacent to an activating group) is 1. The zero-order chi connectivity index (χ0) is 11.5. The van der Waals surface area contributed by atoms with Gasteiger partial charge in [-0.25, -0.2) is 0 Å². The number of nitrogens with one attached hydrogen (secondary N) is 1. The van der Waals surface area contributed by atoms with Gasteiger partial charge >= 0.3 is 0 Å². The van der Waals surface area contributed by atoms with E-state index >= 15 is 0 Å². The Balaban J connectivity index is 1.86. The van der Waals surface area contributed by atoms with E-state index in [1.165, 1.54) is 45.2 Å². The standard InChI is InChI=1S/C14H28N2/c1-11-6-4-7-12(2)14(11)15-13-8-5-9-16(3)10-13/h11-15H,4-10H2,1-3H3. The van der Waals surface area contributed by atoms with Crippen LogP contribution in [0.5, 0.6) is 0 Å². The van der Waals surface area contributed by atoms with Crippen LogP contribution in [-0.4, -0.2) is 37.1 Å². The second-order valence-electron chi connectivity index (χ2n) is 6.18. The van der Waals surface area contributed by atoms with E-state index in [9.17, 15) is 0 Å². The van der Waals surface area contributed by atoms with Crippen LogP contribution in [-0.2, 0) is 0 Å². The summed E-state index contributed by atoms with van der Waals surface area (Å²) < 4.78 is 0. The quantitative estimate of drug-likeness (QED) is 0.775. The van der Waals surface area contributed by atoms with Crippen LogP contribution in [0.1, 0.15) is 46.0 Å². The van der Waals surface area contributed by atoms with Crippen LogP contribution in [0.2, 0.25) is 0 Å². The average Bonchev–Trinajstić information content (AvgIpc) is 2.24. The summed E-state index contributed by atoms with van der Waals surface area (Å²) in [4.78, 5) is 2.47. The Kier molecular flexibility index (Phi) is 4.26. The Labute approximate surface area is 101 Å². The smallest absolute Gasteiger partial charge is 0.0198 e. The Bertz CT molecular complexity index is 207. The van der Waals surface area contributed by atoms with Crippen molar-refractivity contribution in [3.05, 3.63) is 0 Å². The van der Waals surface area contributed by atoms with Gasteiger partial charge in [-0.3, -0.25) is 0 Å². The molecule has 1 N–H and O–H groups in total. The van der Waals surface area contributed by atoms with Crippen LogP contribution in [0.15, 0.2) is 0 Å². The van der Waals surface area contributed by atoms with Crippen molar-refractivity contribution in [3.8, 4) is 0 Å². The third-order valence-corrected chi connectivity index (χ3v) is 4.60. The molecule has 3 unspecified atom stereocenters. The lowest BCUT2D eigenvalue weighted by Gasteiger charge is -2.40. The van der Waals surface area contributed by atoms with Gasteiger partial charge in [0.15, 0.2) is 0 Å². The fraction of sp³-hybridized carbons (Fsp3) is 1.00. The second-order valence-corrected chi connectivity index (χ2v) is 6.18. The molecule has 94 valence electrons. The van der Waals surface area contributed by atoms with E-state index in [0.29, 0.717) is 0 Å². The molecule has 2 nitrogen and oxygen atoms in total. The van der Waals surface area contributed by atoms with E-state index in [-0.39, 0.29) is 0 Å². The van der Waals surface area contributed by atoms with Crippen LogP contribution < -0.4 is 5.32 Å². The minimum absolute atomic E-state index is 0.742. The van der Waals surface area contributed by atoms with Crippen molar-refractivity contribution in [2.24, 2.45) is 11.8 Å². The first-order chi connectivity index (χ1) is 7.66. The summed E-state index contributed by atoms with van der Waals surface area (Å²) in [5, 5.41) is 3.95. The molecule has 0 radical (unpaired) electrons. The summed E-state index contributed by atoms with van der Waals surface area (Å²) in [5.41, 5.74) is 0. The molecule has 0 aromatic carbocycles. The number of rotatable bonds is 2. The van der Waals surface area contributed by atoms with Gasteiger partial charge in [0, 0.05) is 18.6 Å². The van der Waals surface area contributed by atoms with Crippen molar-refractivity contribution in [2.45, 2.75) is 58.0 Å². The number of hydrogen-bond acceptors (Lipinski definition) is 2. The number of hydrogen-bond donors (Lipinski definition) is 1. The van der Waals surface area contributed by atoms with Gasteiger partial charge in [0.05, 0.1) is 0 Å². The van der Waals surface area contributed by atoms with Gasteiger partial charge in [-0.1, -0.05) is 20.3 Å². The summed E-state index contributed by atoms with van der Waals surface area (Å²) in [6, 6.07) is 1.51. The highest BCUT2D eigenvalue weighted by Gasteiger charge is 2.30. The molecule has 2 heteroatoms. The van der Waals surface area contributed by atoms with Gasteiger partial charge in [0.1, 0.15) is 0 Å². The lowest BCUT2D eigenvalue weighted by Crippen LogP contribution is -2.52. The summed E-state index contributed by atoms with van der Waals surface area (Å²) >= 11 is 0. The molecule has 0 aromatic heterocycles. The molecule has 16 heavy (non-hydrogen) atoms. The largest absolute Gasteiger partial charge is 0.309 e. The number of nitrogens with zero attached hydrogens (tertiary/aromatic N) is 1. The van der Waals surface area contributed by atoms with Gasteiger partial charge in [-0.05, 0) is 51.1 Å². The highest BCUT2D eigenvalue weighted by Crippen LogP contribution is 2.29. The lowest BCUT2D eigenvalue weighted by molar-refractivity contribution is 0.153. The molecule has 1 heterocycles. The van der Waals surface area contributed by atoms with E-state index < -0.39 is 0 Å². The molecule has 2 rings (SSSR count). The Hall–Kier alpha value is -0.0800. The maximum Gasteiger partial charge on any atom is 0.0198 e. The fourth-order valence-corrected chi connectivity index (χ4v) is 3.58. The van der Waals surface area contributed by atoms with Gasteiger partial charge in [-0.15, -0.1) is 0 Å². The molecule has 0 spiro atoms. The fourth-order valence-electron chi connectivity index (χ4n) is 3.58. The average molecular weight is 224 g/mol. The van der Waals surface area contributed by atoms with Crippen LogP contribution >= 0.6 is 0 Å². The number of piperidine rings is 1. The van der Waals surface area contributed by atoms with Crippen molar-refractivity contribution < 1.29 is 0 Å². The Morgan fingerprint density at radius 2 is 1.69 bits per heavy atom. The molecule has 0 aromatic rings. The molecule has 1 saturated carbocycles. The highest BCUT2D eigenvalue weighted by molar-refractivity contribution is 4.88. The van der Waals surface area contributed by atoms with E-state index in [1.807, 2.05) is 0 Å². The SMILES string of the molecule is CC1CCCC(C)C1NC1CCCN(C)C1. The summed E-state index contributed by atoms with van der Waals surface area (Å²) in [5.74, 6) is 1.74. The minimum atomic E-state index is 0.742. The molecule has 1 aliphatic heterocycles. The van der Waals surface area contributed by atoms with Crippen LogP contribution in [0.25, 0.3) is 0 Å². The molecule has 1 aliphatic carbocycles. The van der Waals surface area contributed by atoms with Gasteiger partial charge in [-0.2, -0.15) is 0 Å². The molecular weight excluding hydrogens is 196 g/mol. The Morgan fingerprint density at radius 1 is 1.00 bits per heavy atom. The number of likely N-dealkylation sites (tertiary alicyclic amines) is 1. The second kappa shape index (κ2) is 5.50. The highest BCUT2D eigenvalue weighted by atomic mass is 15.1. The molecule has 0 amide bonds. The first-order valence-corrected chi connectivity index (χ1v) is 7.11. The van der Waals surface area contributed by atoms with Gasteiger partial charge < -0.3 is 10.2 Å².